The van der Waals surface area contributed by atoms with Crippen molar-refractivity contribution in [3.05, 3.63) is 205 Å². The Morgan fingerprint density at radius 1 is 0.429 bits per heavy atom. The molecular formula is C58H46N2O2S. The van der Waals surface area contributed by atoms with Gasteiger partial charge >= 0.3 is 0 Å². The maximum absolute atomic E-state index is 14.7. The quantitative estimate of drug-likeness (QED) is 0.168. The molecule has 0 unspecified atom stereocenters. The van der Waals surface area contributed by atoms with Gasteiger partial charge in [-0.3, -0.25) is 0 Å². The van der Waals surface area contributed by atoms with Gasteiger partial charge in [0.25, 0.3) is 0 Å². The highest BCUT2D eigenvalue weighted by molar-refractivity contribution is 7.91. The van der Waals surface area contributed by atoms with E-state index in [1.54, 1.807) is 0 Å². The fraction of sp³-hybridized carbons (Fsp3) is 0.172. The molecule has 4 saturated carbocycles. The molecule has 1 spiro atoms. The molecule has 2 heterocycles. The minimum atomic E-state index is -3.72. The van der Waals surface area contributed by atoms with Gasteiger partial charge in [-0.25, -0.2) is 8.42 Å². The van der Waals surface area contributed by atoms with Crippen molar-refractivity contribution in [3.8, 4) is 27.9 Å². The summed E-state index contributed by atoms with van der Waals surface area (Å²) in [4.78, 5) is 3.35. The molecule has 5 aliphatic rings. The first kappa shape index (κ1) is 36.9. The van der Waals surface area contributed by atoms with Crippen LogP contribution in [0.15, 0.2) is 204 Å². The van der Waals surface area contributed by atoms with E-state index in [1.165, 1.54) is 53.9 Å². The van der Waals surface area contributed by atoms with Crippen LogP contribution in [-0.2, 0) is 15.3 Å². The standard InChI is InChI=1S/C58H46N2O2S/c61-63(62)56-20-9-6-17-52(56)58(44-32-38-31-39(34-44)35-45(58)33-38)53-37-49(29-30-57(53)63)59(48-14-10-13-43(36-48)40-11-2-1-3-12-40)46-25-21-41(22-26-46)42-23-27-47(28-24-42)60-54-18-7-4-15-50(54)51-16-5-8-19-55(51)60/h1-30,36-39,44-45H,31-35H2. The van der Waals surface area contributed by atoms with Crippen molar-refractivity contribution in [2.24, 2.45) is 23.7 Å². The number of fused-ring (bicyclic) bond motifs is 5. The van der Waals surface area contributed by atoms with Crippen LogP contribution in [0.1, 0.15) is 43.2 Å². The van der Waals surface area contributed by atoms with E-state index in [9.17, 15) is 8.42 Å². The number of rotatable bonds is 6. The van der Waals surface area contributed by atoms with Crippen LogP contribution in [-0.4, -0.2) is 13.0 Å². The summed E-state index contributed by atoms with van der Waals surface area (Å²) in [6.45, 7) is 0. The highest BCUT2D eigenvalue weighted by Crippen LogP contribution is 2.68. The summed E-state index contributed by atoms with van der Waals surface area (Å²) < 4.78 is 31.8. The molecule has 1 aliphatic heterocycles. The molecular weight excluding hydrogens is 789 g/mol. The van der Waals surface area contributed by atoms with E-state index in [4.69, 9.17) is 0 Å². The van der Waals surface area contributed by atoms with E-state index < -0.39 is 9.84 Å². The van der Waals surface area contributed by atoms with Gasteiger partial charge in [0.1, 0.15) is 0 Å². The minimum absolute atomic E-state index is 0.326. The third-order valence-electron chi connectivity index (χ3n) is 15.4. The van der Waals surface area contributed by atoms with Crippen LogP contribution < -0.4 is 4.90 Å². The Morgan fingerprint density at radius 2 is 0.952 bits per heavy atom. The molecule has 4 fully saturated rings. The molecule has 0 saturated heterocycles. The Bertz CT molecular complexity index is 3290. The van der Waals surface area contributed by atoms with Crippen molar-refractivity contribution in [1.82, 2.24) is 4.57 Å². The number of hydrogen-bond donors (Lipinski definition) is 0. The van der Waals surface area contributed by atoms with E-state index in [-0.39, 0.29) is 5.41 Å². The summed E-state index contributed by atoms with van der Waals surface area (Å²) in [6.07, 6.45) is 6.04. The summed E-state index contributed by atoms with van der Waals surface area (Å²) in [6, 6.07) is 68.6. The van der Waals surface area contributed by atoms with Crippen LogP contribution in [0, 0.1) is 23.7 Å². The summed E-state index contributed by atoms with van der Waals surface area (Å²) in [5.41, 5.74) is 12.8. The van der Waals surface area contributed by atoms with Crippen LogP contribution in [0.5, 0.6) is 0 Å². The van der Waals surface area contributed by atoms with Gasteiger partial charge in [0.05, 0.1) is 20.8 Å². The lowest BCUT2D eigenvalue weighted by molar-refractivity contribution is -0.0446. The fourth-order valence-corrected chi connectivity index (χ4v) is 14.8. The highest BCUT2D eigenvalue weighted by atomic mass is 32.2. The van der Waals surface area contributed by atoms with Gasteiger partial charge in [-0.05, 0) is 162 Å². The van der Waals surface area contributed by atoms with E-state index in [1.807, 2.05) is 24.3 Å². The van der Waals surface area contributed by atoms with Crippen LogP contribution in [0.3, 0.4) is 0 Å². The lowest BCUT2D eigenvalue weighted by Crippen LogP contribution is -2.57. The second kappa shape index (κ2) is 13.9. The zero-order chi connectivity index (χ0) is 41.9. The topological polar surface area (TPSA) is 42.3 Å². The molecule has 8 aromatic carbocycles. The Morgan fingerprint density at radius 3 is 1.63 bits per heavy atom. The average Bonchev–Trinajstić information content (AvgIpc) is 3.66. The van der Waals surface area contributed by atoms with Crippen molar-refractivity contribution in [2.45, 2.75) is 47.3 Å². The Kier molecular flexibility index (Phi) is 8.15. The third-order valence-corrected chi connectivity index (χ3v) is 17.3. The van der Waals surface area contributed by atoms with Crippen LogP contribution in [0.4, 0.5) is 17.1 Å². The highest BCUT2D eigenvalue weighted by Gasteiger charge is 2.62. The summed E-state index contributed by atoms with van der Waals surface area (Å²) in [5.74, 6) is 2.34. The number of sulfone groups is 1. The van der Waals surface area contributed by atoms with Gasteiger partial charge in [0.2, 0.25) is 9.84 Å². The number of aromatic nitrogens is 1. The number of anilines is 3. The van der Waals surface area contributed by atoms with Gasteiger partial charge in [-0.15, -0.1) is 0 Å². The molecule has 9 aromatic rings. The molecule has 306 valence electrons. The lowest BCUT2D eigenvalue weighted by Gasteiger charge is -2.63. The molecule has 4 bridgehead atoms. The molecule has 0 amide bonds. The number of hydrogen-bond acceptors (Lipinski definition) is 3. The zero-order valence-corrected chi connectivity index (χ0v) is 35.8. The molecule has 14 rings (SSSR count). The largest absolute Gasteiger partial charge is 0.310 e. The van der Waals surface area contributed by atoms with E-state index in [0.29, 0.717) is 21.6 Å². The van der Waals surface area contributed by atoms with Crippen molar-refractivity contribution >= 4 is 48.7 Å². The summed E-state index contributed by atoms with van der Waals surface area (Å²) >= 11 is 0. The smallest absolute Gasteiger partial charge is 0.207 e. The maximum atomic E-state index is 14.7. The number of nitrogens with zero attached hydrogens (tertiary/aromatic N) is 2. The Balaban J connectivity index is 0.939. The Hall–Kier alpha value is -6.69. The monoisotopic (exact) mass is 834 g/mol. The van der Waals surface area contributed by atoms with Crippen LogP contribution in [0.2, 0.25) is 0 Å². The predicted octanol–water partition coefficient (Wildman–Crippen LogP) is 14.5. The van der Waals surface area contributed by atoms with Crippen molar-refractivity contribution in [3.63, 3.8) is 0 Å². The fourth-order valence-electron chi connectivity index (χ4n) is 13.0. The van der Waals surface area contributed by atoms with Crippen LogP contribution in [0.25, 0.3) is 49.7 Å². The molecule has 0 atom stereocenters. The maximum Gasteiger partial charge on any atom is 0.207 e. The number of benzene rings is 8. The Labute approximate surface area is 369 Å². The first-order valence-corrected chi connectivity index (χ1v) is 24.1. The molecule has 0 N–H and O–H groups in total. The van der Waals surface area contributed by atoms with Gasteiger partial charge in [-0.2, -0.15) is 0 Å². The summed E-state index contributed by atoms with van der Waals surface area (Å²) in [7, 11) is -3.72. The van der Waals surface area contributed by atoms with Gasteiger partial charge in [0.15, 0.2) is 0 Å². The van der Waals surface area contributed by atoms with Crippen molar-refractivity contribution in [1.29, 1.82) is 0 Å². The second-order valence-corrected chi connectivity index (χ2v) is 20.5. The average molecular weight is 835 g/mol. The molecule has 5 heteroatoms. The van der Waals surface area contributed by atoms with Crippen molar-refractivity contribution in [2.75, 3.05) is 4.90 Å². The zero-order valence-electron chi connectivity index (χ0n) is 34.9. The predicted molar refractivity (Wildman–Crippen MR) is 256 cm³/mol. The van der Waals surface area contributed by atoms with Gasteiger partial charge in [-0.1, -0.05) is 121 Å². The van der Waals surface area contributed by atoms with Crippen molar-refractivity contribution < 1.29 is 8.42 Å². The minimum Gasteiger partial charge on any atom is -0.310 e. The SMILES string of the molecule is O=S1(=O)c2ccccc2C2(c3cc(N(c4ccc(-c5ccc(-n6c7ccccc7c7ccccc76)cc5)cc4)c4cccc(-c5ccccc5)c4)ccc31)C1CC3CC(C1)CC2C3. The molecule has 4 aliphatic carbocycles. The molecule has 4 nitrogen and oxygen atoms in total. The molecule has 63 heavy (non-hydrogen) atoms. The van der Waals surface area contributed by atoms with Crippen LogP contribution >= 0.6 is 0 Å². The normalized spacial score (nSPS) is 22.6. The summed E-state index contributed by atoms with van der Waals surface area (Å²) in [5, 5.41) is 2.51. The molecule has 0 radical (unpaired) electrons. The first-order chi connectivity index (χ1) is 30.9. The van der Waals surface area contributed by atoms with E-state index >= 15 is 0 Å². The third kappa shape index (κ3) is 5.48. The van der Waals surface area contributed by atoms with Gasteiger partial charge in [0, 0.05) is 38.9 Å². The van der Waals surface area contributed by atoms with E-state index in [2.05, 4.69) is 179 Å². The lowest BCUT2D eigenvalue weighted by atomic mass is 9.42. The number of para-hydroxylation sites is 2. The molecule has 1 aromatic heterocycles. The van der Waals surface area contributed by atoms with E-state index in [0.717, 1.165) is 68.0 Å². The second-order valence-electron chi connectivity index (χ2n) is 18.6. The van der Waals surface area contributed by atoms with Gasteiger partial charge < -0.3 is 9.47 Å². The first-order valence-electron chi connectivity index (χ1n) is 22.6.